The lowest BCUT2D eigenvalue weighted by Gasteiger charge is -2.08. The smallest absolute Gasteiger partial charge is 0.0494 e. The van der Waals surface area contributed by atoms with E-state index in [1.54, 1.807) is 6.07 Å². The molecule has 2 aromatic carbocycles. The molecule has 0 unspecified atom stereocenters. The van der Waals surface area contributed by atoms with E-state index < -0.39 is 0 Å². The molecule has 0 amide bonds. The highest BCUT2D eigenvalue weighted by Crippen LogP contribution is 2.25. The Morgan fingerprint density at radius 3 is 2.68 bits per heavy atom. The van der Waals surface area contributed by atoms with Gasteiger partial charge in [0.1, 0.15) is 0 Å². The van der Waals surface area contributed by atoms with E-state index in [1.807, 2.05) is 18.2 Å². The van der Waals surface area contributed by atoms with Crippen LogP contribution in [0.25, 0.3) is 10.9 Å². The minimum atomic E-state index is 0.706. The highest BCUT2D eigenvalue weighted by Gasteiger charge is 2.06. The first kappa shape index (κ1) is 13.0. The fourth-order valence-corrected chi connectivity index (χ4v) is 2.86. The molecule has 0 atom stereocenters. The third-order valence-electron chi connectivity index (χ3n) is 3.08. The van der Waals surface area contributed by atoms with Crippen LogP contribution in [0.4, 0.5) is 0 Å². The van der Waals surface area contributed by atoms with Crippen molar-refractivity contribution in [3.05, 3.63) is 68.7 Å². The van der Waals surface area contributed by atoms with Crippen molar-refractivity contribution < 1.29 is 0 Å². The van der Waals surface area contributed by atoms with Gasteiger partial charge in [0, 0.05) is 32.8 Å². The van der Waals surface area contributed by atoms with Crippen LogP contribution in [0, 0.1) is 0 Å². The summed E-state index contributed by atoms with van der Waals surface area (Å²) < 4.78 is 3.23. The van der Waals surface area contributed by atoms with E-state index in [-0.39, 0.29) is 0 Å². The Kier molecular flexibility index (Phi) is 3.57. The van der Waals surface area contributed by atoms with Crippen molar-refractivity contribution in [2.45, 2.75) is 6.54 Å². The van der Waals surface area contributed by atoms with E-state index >= 15 is 0 Å². The van der Waals surface area contributed by atoms with Crippen molar-refractivity contribution in [1.82, 2.24) is 4.57 Å². The maximum absolute atomic E-state index is 6.21. The molecule has 0 radical (unpaired) electrons. The molecule has 0 aliphatic heterocycles. The van der Waals surface area contributed by atoms with Crippen LogP contribution in [0.5, 0.6) is 0 Å². The highest BCUT2D eigenvalue weighted by atomic mass is 79.9. The standard InChI is InChI=1S/C15H10BrCl2N/c16-12-2-1-10-5-6-19(15(10)8-12)9-11-7-13(17)3-4-14(11)18/h1-8H,9H2. The minimum absolute atomic E-state index is 0.706. The van der Waals surface area contributed by atoms with Crippen LogP contribution in [0.1, 0.15) is 5.56 Å². The van der Waals surface area contributed by atoms with Gasteiger partial charge >= 0.3 is 0 Å². The second-order valence-corrected chi connectivity index (χ2v) is 6.14. The maximum Gasteiger partial charge on any atom is 0.0494 e. The lowest BCUT2D eigenvalue weighted by atomic mass is 10.2. The summed E-state index contributed by atoms with van der Waals surface area (Å²) in [5, 5.41) is 2.65. The Hall–Kier alpha value is -0.960. The van der Waals surface area contributed by atoms with Crippen LogP contribution in [0.15, 0.2) is 53.1 Å². The summed E-state index contributed by atoms with van der Waals surface area (Å²) in [6.45, 7) is 0.708. The van der Waals surface area contributed by atoms with Crippen molar-refractivity contribution in [2.75, 3.05) is 0 Å². The predicted octanol–water partition coefficient (Wildman–Crippen LogP) is 5.76. The molecule has 3 rings (SSSR count). The molecular weight excluding hydrogens is 345 g/mol. The molecule has 3 aromatic rings. The number of hydrogen-bond acceptors (Lipinski definition) is 0. The first-order valence-corrected chi connectivity index (χ1v) is 7.37. The van der Waals surface area contributed by atoms with Crippen LogP contribution in [0.2, 0.25) is 10.0 Å². The Balaban J connectivity index is 2.05. The molecule has 0 saturated heterocycles. The number of fused-ring (bicyclic) bond motifs is 1. The third-order valence-corrected chi connectivity index (χ3v) is 4.18. The van der Waals surface area contributed by atoms with Gasteiger partial charge in [0.2, 0.25) is 0 Å². The van der Waals surface area contributed by atoms with Gasteiger partial charge in [-0.3, -0.25) is 0 Å². The Morgan fingerprint density at radius 2 is 1.84 bits per heavy atom. The average Bonchev–Trinajstić information content (AvgIpc) is 2.77. The second kappa shape index (κ2) is 5.20. The summed E-state index contributed by atoms with van der Waals surface area (Å²) in [4.78, 5) is 0. The lowest BCUT2D eigenvalue weighted by Crippen LogP contribution is -1.98. The highest BCUT2D eigenvalue weighted by molar-refractivity contribution is 9.10. The number of halogens is 3. The lowest BCUT2D eigenvalue weighted by molar-refractivity contribution is 0.837. The van der Waals surface area contributed by atoms with E-state index in [2.05, 4.69) is 44.9 Å². The van der Waals surface area contributed by atoms with Gasteiger partial charge < -0.3 is 4.57 Å². The molecule has 1 heterocycles. The van der Waals surface area contributed by atoms with Crippen LogP contribution in [0.3, 0.4) is 0 Å². The van der Waals surface area contributed by atoms with Crippen molar-refractivity contribution in [3.63, 3.8) is 0 Å². The summed E-state index contributed by atoms with van der Waals surface area (Å²) in [7, 11) is 0. The molecule has 1 nitrogen and oxygen atoms in total. The molecule has 0 saturated carbocycles. The minimum Gasteiger partial charge on any atom is -0.343 e. The van der Waals surface area contributed by atoms with Gasteiger partial charge in [-0.1, -0.05) is 45.2 Å². The van der Waals surface area contributed by atoms with E-state index in [9.17, 15) is 0 Å². The van der Waals surface area contributed by atoms with Crippen molar-refractivity contribution >= 4 is 50.0 Å². The summed E-state index contributed by atoms with van der Waals surface area (Å²) in [6.07, 6.45) is 2.06. The third kappa shape index (κ3) is 2.66. The fraction of sp³-hybridized carbons (Fsp3) is 0.0667. The molecule has 0 aliphatic carbocycles. The predicted molar refractivity (Wildman–Crippen MR) is 85.2 cm³/mol. The molecular formula is C15H10BrCl2N. The first-order chi connectivity index (χ1) is 9.13. The zero-order valence-corrected chi connectivity index (χ0v) is 13.0. The van der Waals surface area contributed by atoms with Crippen molar-refractivity contribution in [2.24, 2.45) is 0 Å². The van der Waals surface area contributed by atoms with Gasteiger partial charge in [-0.15, -0.1) is 0 Å². The molecule has 19 heavy (non-hydrogen) atoms. The number of benzene rings is 2. The molecule has 0 aliphatic rings. The van der Waals surface area contributed by atoms with Crippen LogP contribution in [-0.2, 0) is 6.54 Å². The first-order valence-electron chi connectivity index (χ1n) is 5.82. The van der Waals surface area contributed by atoms with Crippen LogP contribution >= 0.6 is 39.1 Å². The molecule has 96 valence electrons. The van der Waals surface area contributed by atoms with Crippen LogP contribution in [-0.4, -0.2) is 4.57 Å². The Labute approximate surface area is 129 Å². The fourth-order valence-electron chi connectivity index (χ4n) is 2.14. The molecule has 0 N–H and O–H groups in total. The van der Waals surface area contributed by atoms with E-state index in [4.69, 9.17) is 23.2 Å². The van der Waals surface area contributed by atoms with Gasteiger partial charge in [0.15, 0.2) is 0 Å². The van der Waals surface area contributed by atoms with Gasteiger partial charge in [0.05, 0.1) is 0 Å². The van der Waals surface area contributed by atoms with Gasteiger partial charge in [0.25, 0.3) is 0 Å². The number of hydrogen-bond donors (Lipinski definition) is 0. The Morgan fingerprint density at radius 1 is 1.00 bits per heavy atom. The zero-order chi connectivity index (χ0) is 13.4. The van der Waals surface area contributed by atoms with Gasteiger partial charge in [-0.2, -0.15) is 0 Å². The van der Waals surface area contributed by atoms with Crippen molar-refractivity contribution in [3.8, 4) is 0 Å². The van der Waals surface area contributed by atoms with E-state index in [1.165, 1.54) is 10.9 Å². The topological polar surface area (TPSA) is 4.93 Å². The van der Waals surface area contributed by atoms with E-state index in [0.29, 0.717) is 11.6 Å². The zero-order valence-electron chi connectivity index (χ0n) is 9.91. The average molecular weight is 355 g/mol. The summed E-state index contributed by atoms with van der Waals surface area (Å²) in [5.41, 5.74) is 2.19. The summed E-state index contributed by atoms with van der Waals surface area (Å²) in [6, 6.07) is 13.9. The van der Waals surface area contributed by atoms with E-state index in [0.717, 1.165) is 15.1 Å². The number of rotatable bonds is 2. The van der Waals surface area contributed by atoms with Crippen molar-refractivity contribution in [1.29, 1.82) is 0 Å². The Bertz CT molecular complexity index is 749. The summed E-state index contributed by atoms with van der Waals surface area (Å²) in [5.74, 6) is 0. The van der Waals surface area contributed by atoms with Gasteiger partial charge in [-0.25, -0.2) is 0 Å². The molecule has 0 spiro atoms. The molecule has 0 bridgehead atoms. The SMILES string of the molecule is Clc1ccc(Cl)c(Cn2ccc3ccc(Br)cc32)c1. The van der Waals surface area contributed by atoms with Gasteiger partial charge in [-0.05, 0) is 47.3 Å². The second-order valence-electron chi connectivity index (χ2n) is 4.38. The molecule has 4 heteroatoms. The molecule has 1 aromatic heterocycles. The maximum atomic E-state index is 6.21. The summed E-state index contributed by atoms with van der Waals surface area (Å²) >= 11 is 15.7. The number of aromatic nitrogens is 1. The molecule has 0 fully saturated rings. The largest absolute Gasteiger partial charge is 0.343 e. The normalized spacial score (nSPS) is 11.1. The van der Waals surface area contributed by atoms with Crippen LogP contribution < -0.4 is 0 Å². The number of nitrogens with zero attached hydrogens (tertiary/aromatic N) is 1. The quantitative estimate of drug-likeness (QED) is 0.551. The monoisotopic (exact) mass is 353 g/mol.